The number of para-hydroxylation sites is 2. The Bertz CT molecular complexity index is 1560. The summed E-state index contributed by atoms with van der Waals surface area (Å²) in [5.41, 5.74) is -4.83. The molecule has 0 bridgehead atoms. The number of hydrogen-bond donors (Lipinski definition) is 2. The first-order valence-electron chi connectivity index (χ1n) is 11.5. The van der Waals surface area contributed by atoms with Crippen LogP contribution in [-0.4, -0.2) is 35.1 Å². The van der Waals surface area contributed by atoms with Crippen molar-refractivity contribution in [2.24, 2.45) is 0 Å². The largest absolute Gasteiger partial charge is 0.462 e. The molecule has 2 N–H and O–H groups in total. The molecule has 0 fully saturated rings. The van der Waals surface area contributed by atoms with Crippen molar-refractivity contribution in [3.8, 4) is 0 Å². The van der Waals surface area contributed by atoms with Crippen molar-refractivity contribution in [2.75, 3.05) is 13.2 Å². The van der Waals surface area contributed by atoms with Crippen LogP contribution in [0.2, 0.25) is 0 Å². The number of esters is 2. The van der Waals surface area contributed by atoms with Gasteiger partial charge in [-0.25, -0.2) is 9.59 Å². The maximum absolute atomic E-state index is 12.8. The molecule has 0 radical (unpaired) electrons. The highest BCUT2D eigenvalue weighted by molar-refractivity contribution is 5.95. The molecular weight excluding hydrogens is 550 g/mol. The molecule has 0 saturated carbocycles. The van der Waals surface area contributed by atoms with Crippen LogP contribution in [0, 0.1) is 0 Å². The van der Waals surface area contributed by atoms with Crippen molar-refractivity contribution >= 4 is 33.7 Å². The molecule has 212 valence electrons. The Balaban J connectivity index is 0.000000220. The van der Waals surface area contributed by atoms with Crippen LogP contribution >= 0.6 is 0 Å². The average molecular weight is 570 g/mol. The molecule has 40 heavy (non-hydrogen) atoms. The molecular formula is C26H20F6N2O6. The third kappa shape index (κ3) is 6.16. The van der Waals surface area contributed by atoms with E-state index in [-0.39, 0.29) is 46.1 Å². The summed E-state index contributed by atoms with van der Waals surface area (Å²) in [6.45, 7) is 3.27. The number of carbonyl (C=O) groups is 2. The van der Waals surface area contributed by atoms with Gasteiger partial charge in [-0.05, 0) is 38.1 Å². The molecule has 14 heteroatoms. The summed E-state index contributed by atoms with van der Waals surface area (Å²) in [5.74, 6) is -1.74. The fourth-order valence-electron chi connectivity index (χ4n) is 3.70. The zero-order valence-electron chi connectivity index (χ0n) is 20.8. The van der Waals surface area contributed by atoms with Crippen molar-refractivity contribution in [1.82, 2.24) is 9.97 Å². The number of carbonyl (C=O) groups excluding carboxylic acids is 2. The molecule has 0 amide bonds. The molecule has 4 rings (SSSR count). The van der Waals surface area contributed by atoms with Crippen LogP contribution in [-0.2, 0) is 21.8 Å². The molecule has 0 aliphatic heterocycles. The lowest BCUT2D eigenvalue weighted by Crippen LogP contribution is -2.19. The van der Waals surface area contributed by atoms with E-state index in [0.717, 1.165) is 36.7 Å². The first-order valence-corrected chi connectivity index (χ1v) is 11.5. The summed E-state index contributed by atoms with van der Waals surface area (Å²) in [6, 6.07) is 6.42. The third-order valence-electron chi connectivity index (χ3n) is 5.43. The zero-order chi connectivity index (χ0) is 29.8. The normalized spacial score (nSPS) is 11.6. The first kappa shape index (κ1) is 29.9. The predicted molar refractivity (Wildman–Crippen MR) is 131 cm³/mol. The maximum atomic E-state index is 12.8. The van der Waals surface area contributed by atoms with E-state index < -0.39 is 46.3 Å². The van der Waals surface area contributed by atoms with Crippen LogP contribution in [0.4, 0.5) is 26.3 Å². The number of rotatable bonds is 4. The molecule has 2 heterocycles. The SMILES string of the molecule is CCOC(=O)c1c[nH]c2c(C(F)(F)F)cccc2c1=O.CCOC(=O)c1c[nH]c2c(C(F)(F)F)cccc2c1=O. The first-order chi connectivity index (χ1) is 18.7. The molecule has 0 spiro atoms. The van der Waals surface area contributed by atoms with Gasteiger partial charge in [-0.15, -0.1) is 0 Å². The van der Waals surface area contributed by atoms with E-state index in [0.29, 0.717) is 0 Å². The minimum Gasteiger partial charge on any atom is -0.462 e. The van der Waals surface area contributed by atoms with Crippen molar-refractivity contribution < 1.29 is 45.4 Å². The Morgan fingerprint density at radius 1 is 0.675 bits per heavy atom. The highest BCUT2D eigenvalue weighted by Crippen LogP contribution is 2.34. The standard InChI is InChI=1S/2C13H10F3NO3/c2*1-2-20-12(19)8-6-17-10-7(11(8)18)4-3-5-9(10)13(14,15)16/h2*3-6H,2H2,1H3,(H,17,18). The van der Waals surface area contributed by atoms with E-state index in [1.807, 2.05) is 0 Å². The third-order valence-corrected chi connectivity index (χ3v) is 5.43. The van der Waals surface area contributed by atoms with Gasteiger partial charge in [0.1, 0.15) is 11.1 Å². The van der Waals surface area contributed by atoms with Crippen LogP contribution in [0.15, 0.2) is 58.4 Å². The fourth-order valence-corrected chi connectivity index (χ4v) is 3.70. The Labute approximate surface area is 220 Å². The van der Waals surface area contributed by atoms with Gasteiger partial charge in [0.15, 0.2) is 0 Å². The number of fused-ring (bicyclic) bond motifs is 2. The number of ether oxygens (including phenoxy) is 2. The van der Waals surface area contributed by atoms with Gasteiger partial charge >= 0.3 is 24.3 Å². The van der Waals surface area contributed by atoms with Crippen molar-refractivity contribution in [3.05, 3.63) is 91.5 Å². The number of nitrogens with one attached hydrogen (secondary N) is 2. The summed E-state index contributed by atoms with van der Waals surface area (Å²) < 4.78 is 86.2. The van der Waals surface area contributed by atoms with E-state index in [1.165, 1.54) is 12.1 Å². The molecule has 0 aliphatic rings. The topological polar surface area (TPSA) is 118 Å². The van der Waals surface area contributed by atoms with E-state index in [9.17, 15) is 45.5 Å². The number of hydrogen-bond acceptors (Lipinski definition) is 6. The molecule has 4 aromatic rings. The van der Waals surface area contributed by atoms with E-state index in [1.54, 1.807) is 13.8 Å². The van der Waals surface area contributed by atoms with E-state index >= 15 is 0 Å². The Morgan fingerprint density at radius 3 is 1.32 bits per heavy atom. The van der Waals surface area contributed by atoms with Gasteiger partial charge in [0.05, 0.1) is 35.4 Å². The monoisotopic (exact) mass is 570 g/mol. The molecule has 0 saturated heterocycles. The number of benzene rings is 2. The number of alkyl halides is 6. The Kier molecular flexibility index (Phi) is 8.71. The summed E-state index contributed by atoms with van der Waals surface area (Å²) in [4.78, 5) is 51.8. The summed E-state index contributed by atoms with van der Waals surface area (Å²) in [6.07, 6.45) is -7.29. The van der Waals surface area contributed by atoms with Gasteiger partial charge in [0.2, 0.25) is 10.9 Å². The van der Waals surface area contributed by atoms with Crippen LogP contribution in [0.3, 0.4) is 0 Å². The average Bonchev–Trinajstić information content (AvgIpc) is 2.88. The Morgan fingerprint density at radius 2 is 1.02 bits per heavy atom. The second-order valence-corrected chi connectivity index (χ2v) is 7.96. The van der Waals surface area contributed by atoms with Crippen LogP contribution in [0.1, 0.15) is 45.7 Å². The fraction of sp³-hybridized carbons (Fsp3) is 0.231. The van der Waals surface area contributed by atoms with Gasteiger partial charge < -0.3 is 19.4 Å². The molecule has 8 nitrogen and oxygen atoms in total. The highest BCUT2D eigenvalue weighted by Gasteiger charge is 2.34. The lowest BCUT2D eigenvalue weighted by Gasteiger charge is -2.10. The molecule has 0 unspecified atom stereocenters. The minimum atomic E-state index is -4.59. The van der Waals surface area contributed by atoms with Crippen LogP contribution in [0.5, 0.6) is 0 Å². The number of halogens is 6. The molecule has 2 aromatic carbocycles. The van der Waals surface area contributed by atoms with Crippen molar-refractivity contribution in [2.45, 2.75) is 26.2 Å². The number of aromatic amines is 2. The van der Waals surface area contributed by atoms with E-state index in [2.05, 4.69) is 19.4 Å². The van der Waals surface area contributed by atoms with Crippen molar-refractivity contribution in [1.29, 1.82) is 0 Å². The molecule has 0 atom stereocenters. The van der Waals surface area contributed by atoms with Crippen molar-refractivity contribution in [3.63, 3.8) is 0 Å². The molecule has 0 aliphatic carbocycles. The highest BCUT2D eigenvalue weighted by atomic mass is 19.4. The number of pyridine rings is 2. The second kappa shape index (κ2) is 11.6. The van der Waals surface area contributed by atoms with E-state index in [4.69, 9.17) is 0 Å². The predicted octanol–water partition coefficient (Wildman–Crippen LogP) is 5.45. The number of aromatic nitrogens is 2. The second-order valence-electron chi connectivity index (χ2n) is 7.96. The van der Waals surface area contributed by atoms with Crippen LogP contribution in [0.25, 0.3) is 21.8 Å². The Hall–Kier alpha value is -4.62. The lowest BCUT2D eigenvalue weighted by molar-refractivity contribution is -0.137. The number of H-pyrrole nitrogens is 2. The van der Waals surface area contributed by atoms with Gasteiger partial charge in [0, 0.05) is 23.2 Å². The summed E-state index contributed by atoms with van der Waals surface area (Å²) in [7, 11) is 0. The quantitative estimate of drug-likeness (QED) is 0.249. The van der Waals surface area contributed by atoms with Gasteiger partial charge in [-0.2, -0.15) is 26.3 Å². The maximum Gasteiger partial charge on any atom is 0.418 e. The smallest absolute Gasteiger partial charge is 0.418 e. The summed E-state index contributed by atoms with van der Waals surface area (Å²) in [5, 5.41) is -0.407. The molecule has 2 aromatic heterocycles. The zero-order valence-corrected chi connectivity index (χ0v) is 20.8. The minimum absolute atomic E-state index is 0.0684. The van der Waals surface area contributed by atoms with Gasteiger partial charge in [-0.1, -0.05) is 12.1 Å². The van der Waals surface area contributed by atoms with Crippen LogP contribution < -0.4 is 10.9 Å². The summed E-state index contributed by atoms with van der Waals surface area (Å²) >= 11 is 0. The lowest BCUT2D eigenvalue weighted by atomic mass is 10.1. The van der Waals surface area contributed by atoms with Gasteiger partial charge in [-0.3, -0.25) is 9.59 Å². The van der Waals surface area contributed by atoms with Gasteiger partial charge in [0.25, 0.3) is 0 Å².